The normalized spacial score (nSPS) is 18.6. The van der Waals surface area contributed by atoms with E-state index < -0.39 is 0 Å². The lowest BCUT2D eigenvalue weighted by atomic mass is 10.2. The number of hydrogen-bond acceptors (Lipinski definition) is 6. The van der Waals surface area contributed by atoms with Crippen LogP contribution in [0.15, 0.2) is 16.5 Å². The van der Waals surface area contributed by atoms with Crippen LogP contribution in [0.1, 0.15) is 22.7 Å². The molecule has 1 unspecified atom stereocenters. The van der Waals surface area contributed by atoms with Gasteiger partial charge in [0, 0.05) is 13.1 Å². The van der Waals surface area contributed by atoms with E-state index in [9.17, 15) is 9.59 Å². The van der Waals surface area contributed by atoms with E-state index in [-0.39, 0.29) is 24.4 Å². The van der Waals surface area contributed by atoms with E-state index in [1.54, 1.807) is 22.7 Å². The minimum absolute atomic E-state index is 0.149. The molecule has 7 heteroatoms. The van der Waals surface area contributed by atoms with Crippen LogP contribution in [-0.4, -0.2) is 55.9 Å². The van der Waals surface area contributed by atoms with Crippen molar-refractivity contribution < 1.29 is 23.5 Å². The van der Waals surface area contributed by atoms with Crippen molar-refractivity contribution >= 4 is 23.6 Å². The maximum Gasteiger partial charge on any atom is 0.308 e. The monoisotopic (exact) mass is 313 g/mol. The zero-order chi connectivity index (χ0) is 15.2. The second-order valence-electron chi connectivity index (χ2n) is 4.72. The van der Waals surface area contributed by atoms with Gasteiger partial charge in [-0.25, -0.2) is 0 Å². The van der Waals surface area contributed by atoms with E-state index >= 15 is 0 Å². The summed E-state index contributed by atoms with van der Waals surface area (Å²) in [6, 6.07) is 3.51. The van der Waals surface area contributed by atoms with Gasteiger partial charge in [0.15, 0.2) is 5.76 Å². The Kier molecular flexibility index (Phi) is 5.69. The number of morpholine rings is 1. The molecule has 1 fully saturated rings. The number of furan rings is 1. The Labute approximate surface area is 127 Å². The maximum atomic E-state index is 12.4. The number of thioether (sulfide) groups is 1. The lowest BCUT2D eigenvalue weighted by molar-refractivity contribution is -0.145. The molecule has 2 rings (SSSR count). The second-order valence-corrected chi connectivity index (χ2v) is 5.59. The molecule has 1 amide bonds. The predicted octanol–water partition coefficient (Wildman–Crippen LogP) is 1.55. The van der Waals surface area contributed by atoms with E-state index in [0.29, 0.717) is 25.5 Å². The second kappa shape index (κ2) is 7.51. The van der Waals surface area contributed by atoms with Gasteiger partial charge in [-0.3, -0.25) is 9.59 Å². The number of amides is 1. The van der Waals surface area contributed by atoms with Crippen molar-refractivity contribution in [2.75, 3.05) is 33.1 Å². The predicted molar refractivity (Wildman–Crippen MR) is 78.2 cm³/mol. The third-order valence-corrected chi connectivity index (χ3v) is 3.78. The van der Waals surface area contributed by atoms with Crippen LogP contribution in [0.4, 0.5) is 0 Å². The van der Waals surface area contributed by atoms with Gasteiger partial charge in [-0.15, -0.1) is 0 Å². The summed E-state index contributed by atoms with van der Waals surface area (Å²) in [5.74, 6) is 1.35. The summed E-state index contributed by atoms with van der Waals surface area (Å²) in [4.78, 5) is 25.3. The Morgan fingerprint density at radius 3 is 3.00 bits per heavy atom. The molecule has 0 N–H and O–H groups in total. The number of carbonyl (C=O) groups excluding carboxylic acids is 2. The number of methoxy groups -OCH3 is 1. The van der Waals surface area contributed by atoms with Crippen LogP contribution in [0.3, 0.4) is 0 Å². The van der Waals surface area contributed by atoms with Crippen LogP contribution in [0, 0.1) is 0 Å². The van der Waals surface area contributed by atoms with Gasteiger partial charge < -0.3 is 18.8 Å². The Balaban J connectivity index is 1.96. The maximum absolute atomic E-state index is 12.4. The van der Waals surface area contributed by atoms with Crippen LogP contribution < -0.4 is 0 Å². The summed E-state index contributed by atoms with van der Waals surface area (Å²) in [5, 5.41) is 0. The number of carbonyl (C=O) groups is 2. The van der Waals surface area contributed by atoms with Crippen LogP contribution >= 0.6 is 11.8 Å². The molecule has 1 aromatic rings. The van der Waals surface area contributed by atoms with E-state index in [0.717, 1.165) is 11.5 Å². The lowest BCUT2D eigenvalue weighted by Gasteiger charge is -2.31. The summed E-state index contributed by atoms with van der Waals surface area (Å²) in [7, 11) is 1.34. The zero-order valence-electron chi connectivity index (χ0n) is 12.2. The quantitative estimate of drug-likeness (QED) is 0.768. The fourth-order valence-corrected chi connectivity index (χ4v) is 2.60. The molecule has 1 aromatic heterocycles. The van der Waals surface area contributed by atoms with Crippen LogP contribution in [0.25, 0.3) is 0 Å². The van der Waals surface area contributed by atoms with Gasteiger partial charge in [0.1, 0.15) is 5.76 Å². The van der Waals surface area contributed by atoms with Gasteiger partial charge >= 0.3 is 5.97 Å². The molecule has 0 aliphatic carbocycles. The van der Waals surface area contributed by atoms with Crippen molar-refractivity contribution in [2.45, 2.75) is 18.3 Å². The first kappa shape index (κ1) is 15.9. The van der Waals surface area contributed by atoms with Crippen molar-refractivity contribution in [1.82, 2.24) is 4.90 Å². The highest BCUT2D eigenvalue weighted by molar-refractivity contribution is 7.97. The fraction of sp³-hybridized carbons (Fsp3) is 0.571. The number of ether oxygens (including phenoxy) is 2. The lowest BCUT2D eigenvalue weighted by Crippen LogP contribution is -2.46. The molecule has 0 saturated carbocycles. The first-order chi connectivity index (χ1) is 10.1. The van der Waals surface area contributed by atoms with E-state index in [1.807, 2.05) is 12.3 Å². The first-order valence-electron chi connectivity index (χ1n) is 6.69. The molecule has 1 atom stereocenters. The smallest absolute Gasteiger partial charge is 0.308 e. The van der Waals surface area contributed by atoms with Crippen molar-refractivity contribution in [2.24, 2.45) is 0 Å². The number of rotatable bonds is 5. The highest BCUT2D eigenvalue weighted by Gasteiger charge is 2.28. The summed E-state index contributed by atoms with van der Waals surface area (Å²) >= 11 is 1.64. The van der Waals surface area contributed by atoms with Gasteiger partial charge in [-0.1, -0.05) is 0 Å². The molecule has 21 heavy (non-hydrogen) atoms. The molecule has 1 aliphatic rings. The Bertz CT molecular complexity index is 501. The van der Waals surface area contributed by atoms with Crippen molar-refractivity contribution in [1.29, 1.82) is 0 Å². The number of hydrogen-bond donors (Lipinski definition) is 0. The van der Waals surface area contributed by atoms with Crippen molar-refractivity contribution in [3.05, 3.63) is 23.7 Å². The molecule has 1 aliphatic heterocycles. The minimum atomic E-state index is -0.338. The SMILES string of the molecule is COC(=O)CC1CN(C(=O)c2ccc(CSC)o2)CCO1. The molecule has 2 heterocycles. The molecule has 0 spiro atoms. The summed E-state index contributed by atoms with van der Waals surface area (Å²) < 4.78 is 15.6. The van der Waals surface area contributed by atoms with Crippen LogP contribution in [0.5, 0.6) is 0 Å². The molecule has 0 radical (unpaired) electrons. The number of esters is 1. The molecular weight excluding hydrogens is 294 g/mol. The molecule has 0 bridgehead atoms. The van der Waals surface area contributed by atoms with Gasteiger partial charge in [-0.05, 0) is 18.4 Å². The van der Waals surface area contributed by atoms with Crippen molar-refractivity contribution in [3.63, 3.8) is 0 Å². The fourth-order valence-electron chi connectivity index (χ4n) is 2.17. The Morgan fingerprint density at radius 2 is 2.29 bits per heavy atom. The zero-order valence-corrected chi connectivity index (χ0v) is 13.0. The van der Waals surface area contributed by atoms with E-state index in [4.69, 9.17) is 9.15 Å². The van der Waals surface area contributed by atoms with Gasteiger partial charge in [-0.2, -0.15) is 11.8 Å². The standard InChI is InChI=1S/C14H19NO5S/c1-18-13(16)7-11-8-15(5-6-19-11)14(17)12-4-3-10(20-12)9-21-2/h3-4,11H,5-9H2,1-2H3. The van der Waals surface area contributed by atoms with Crippen molar-refractivity contribution in [3.8, 4) is 0 Å². The first-order valence-corrected chi connectivity index (χ1v) is 8.08. The summed E-state index contributed by atoms with van der Waals surface area (Å²) in [5.41, 5.74) is 0. The summed E-state index contributed by atoms with van der Waals surface area (Å²) in [6.45, 7) is 1.27. The average molecular weight is 313 g/mol. The largest absolute Gasteiger partial charge is 0.469 e. The van der Waals surface area contributed by atoms with Crippen LogP contribution in [0.2, 0.25) is 0 Å². The summed E-state index contributed by atoms with van der Waals surface area (Å²) in [6.07, 6.45) is 1.80. The van der Waals surface area contributed by atoms with E-state index in [2.05, 4.69) is 4.74 Å². The molecular formula is C14H19NO5S. The third-order valence-electron chi connectivity index (χ3n) is 3.21. The van der Waals surface area contributed by atoms with Crippen LogP contribution in [-0.2, 0) is 20.0 Å². The average Bonchev–Trinajstić information content (AvgIpc) is 2.95. The Hall–Kier alpha value is -1.47. The minimum Gasteiger partial charge on any atom is -0.469 e. The topological polar surface area (TPSA) is 69.0 Å². The van der Waals surface area contributed by atoms with E-state index in [1.165, 1.54) is 7.11 Å². The molecule has 0 aromatic carbocycles. The van der Waals surface area contributed by atoms with Gasteiger partial charge in [0.05, 0.1) is 32.0 Å². The third kappa shape index (κ3) is 4.25. The Morgan fingerprint density at radius 1 is 1.48 bits per heavy atom. The molecule has 116 valence electrons. The molecule has 6 nitrogen and oxygen atoms in total. The van der Waals surface area contributed by atoms with Gasteiger partial charge in [0.2, 0.25) is 0 Å². The highest BCUT2D eigenvalue weighted by Crippen LogP contribution is 2.17. The molecule has 1 saturated heterocycles. The highest BCUT2D eigenvalue weighted by atomic mass is 32.2. The number of nitrogens with zero attached hydrogens (tertiary/aromatic N) is 1. The van der Waals surface area contributed by atoms with Gasteiger partial charge in [0.25, 0.3) is 5.91 Å².